The highest BCUT2D eigenvalue weighted by atomic mass is 35.5. The molecule has 0 saturated heterocycles. The smallest absolute Gasteiger partial charge is 0.263 e. The summed E-state index contributed by atoms with van der Waals surface area (Å²) < 4.78 is 41.5. The molecule has 9 heteroatoms. The first-order valence-electron chi connectivity index (χ1n) is 5.95. The summed E-state index contributed by atoms with van der Waals surface area (Å²) in [6, 6.07) is 2.12. The van der Waals surface area contributed by atoms with Crippen LogP contribution in [0.5, 0.6) is 0 Å². The highest BCUT2D eigenvalue weighted by molar-refractivity contribution is 7.92. The number of aryl methyl sites for hydroxylation is 1. The van der Waals surface area contributed by atoms with E-state index >= 15 is 0 Å². The summed E-state index contributed by atoms with van der Waals surface area (Å²) in [5, 5.41) is 12.5. The molecule has 0 atom stereocenters. The Labute approximate surface area is 126 Å². The number of hydrogen-bond acceptors (Lipinski definition) is 4. The molecule has 1 heterocycles. The van der Waals surface area contributed by atoms with E-state index in [0.29, 0.717) is 0 Å². The summed E-state index contributed by atoms with van der Waals surface area (Å²) in [7, 11) is -3.95. The van der Waals surface area contributed by atoms with Gasteiger partial charge in [0.15, 0.2) is 0 Å². The molecule has 6 nitrogen and oxygen atoms in total. The molecular weight excluding hydrogens is 321 g/mol. The Kier molecular flexibility index (Phi) is 4.50. The number of halogens is 2. The Bertz CT molecular complexity index is 761. The van der Waals surface area contributed by atoms with E-state index in [1.165, 1.54) is 24.0 Å². The standard InChI is InChI=1S/C12H13ClFN3O3S/c1-8-4-12(10(13)5-11(8)14)21(19,20)16-9-6-15-17(7-9)2-3-18/h4-7,16,18H,2-3H2,1H3. The second kappa shape index (κ2) is 6.00. The van der Waals surface area contributed by atoms with Crippen LogP contribution < -0.4 is 4.72 Å². The van der Waals surface area contributed by atoms with Gasteiger partial charge in [0, 0.05) is 6.20 Å². The predicted molar refractivity (Wildman–Crippen MR) is 76.3 cm³/mol. The third-order valence-electron chi connectivity index (χ3n) is 2.72. The van der Waals surface area contributed by atoms with Crippen LogP contribution in [0.1, 0.15) is 5.56 Å². The van der Waals surface area contributed by atoms with Gasteiger partial charge in [-0.25, -0.2) is 12.8 Å². The average Bonchev–Trinajstić information content (AvgIpc) is 2.80. The van der Waals surface area contributed by atoms with Gasteiger partial charge in [0.25, 0.3) is 10.0 Å². The predicted octanol–water partition coefficient (Wildman–Crippen LogP) is 1.78. The zero-order valence-corrected chi connectivity index (χ0v) is 12.6. The number of anilines is 1. The van der Waals surface area contributed by atoms with E-state index in [1.54, 1.807) is 0 Å². The molecule has 0 bridgehead atoms. The van der Waals surface area contributed by atoms with Crippen LogP contribution >= 0.6 is 11.6 Å². The minimum Gasteiger partial charge on any atom is -0.394 e. The molecule has 0 saturated carbocycles. The van der Waals surface area contributed by atoms with E-state index in [2.05, 4.69) is 9.82 Å². The fourth-order valence-corrected chi connectivity index (χ4v) is 3.32. The summed E-state index contributed by atoms with van der Waals surface area (Å²) in [5.41, 5.74) is 0.400. The van der Waals surface area contributed by atoms with Crippen molar-refractivity contribution in [1.82, 2.24) is 9.78 Å². The maximum absolute atomic E-state index is 13.3. The second-order valence-corrected chi connectivity index (χ2v) is 6.41. The SMILES string of the molecule is Cc1cc(S(=O)(=O)Nc2cnn(CCO)c2)c(Cl)cc1F. The van der Waals surface area contributed by atoms with Crippen LogP contribution in [0.15, 0.2) is 29.4 Å². The lowest BCUT2D eigenvalue weighted by atomic mass is 10.2. The Morgan fingerprint density at radius 1 is 1.48 bits per heavy atom. The molecule has 21 heavy (non-hydrogen) atoms. The van der Waals surface area contributed by atoms with Gasteiger partial charge in [-0.2, -0.15) is 5.10 Å². The highest BCUT2D eigenvalue weighted by Gasteiger charge is 2.20. The monoisotopic (exact) mass is 333 g/mol. The van der Waals surface area contributed by atoms with Crippen LogP contribution in [-0.2, 0) is 16.6 Å². The summed E-state index contributed by atoms with van der Waals surface area (Å²) in [4.78, 5) is -0.210. The van der Waals surface area contributed by atoms with Gasteiger partial charge in [-0.05, 0) is 24.6 Å². The molecule has 0 aliphatic heterocycles. The van der Waals surface area contributed by atoms with Gasteiger partial charge in [0.1, 0.15) is 10.7 Å². The van der Waals surface area contributed by atoms with Crippen molar-refractivity contribution in [2.24, 2.45) is 0 Å². The second-order valence-electron chi connectivity index (χ2n) is 4.35. The lowest BCUT2D eigenvalue weighted by Gasteiger charge is -2.09. The van der Waals surface area contributed by atoms with Crippen LogP contribution in [0.4, 0.5) is 10.1 Å². The van der Waals surface area contributed by atoms with Crippen molar-refractivity contribution >= 4 is 27.3 Å². The molecule has 0 radical (unpaired) electrons. The zero-order valence-electron chi connectivity index (χ0n) is 11.0. The fraction of sp³-hybridized carbons (Fsp3) is 0.250. The molecule has 0 amide bonds. The number of aliphatic hydroxyl groups is 1. The number of rotatable bonds is 5. The van der Waals surface area contributed by atoms with Crippen molar-refractivity contribution in [3.8, 4) is 0 Å². The Morgan fingerprint density at radius 2 is 2.19 bits per heavy atom. The fourth-order valence-electron chi connectivity index (χ4n) is 1.69. The average molecular weight is 334 g/mol. The summed E-state index contributed by atoms with van der Waals surface area (Å²) >= 11 is 5.79. The van der Waals surface area contributed by atoms with Gasteiger partial charge >= 0.3 is 0 Å². The molecule has 0 spiro atoms. The maximum atomic E-state index is 13.3. The zero-order chi connectivity index (χ0) is 15.6. The molecule has 1 aromatic carbocycles. The van der Waals surface area contributed by atoms with E-state index in [4.69, 9.17) is 16.7 Å². The lowest BCUT2D eigenvalue weighted by Crippen LogP contribution is -2.13. The van der Waals surface area contributed by atoms with E-state index in [1.807, 2.05) is 0 Å². The normalized spacial score (nSPS) is 11.6. The number of aromatic nitrogens is 2. The first kappa shape index (κ1) is 15.7. The molecule has 2 N–H and O–H groups in total. The molecule has 114 valence electrons. The van der Waals surface area contributed by atoms with Gasteiger partial charge < -0.3 is 5.11 Å². The Morgan fingerprint density at radius 3 is 2.86 bits per heavy atom. The molecule has 0 unspecified atom stereocenters. The molecule has 2 rings (SSSR count). The number of benzene rings is 1. The molecule has 0 aliphatic rings. The summed E-state index contributed by atoms with van der Waals surface area (Å²) in [6.45, 7) is 1.58. The third kappa shape index (κ3) is 3.52. The molecule has 1 aromatic heterocycles. The van der Waals surface area contributed by atoms with E-state index < -0.39 is 15.8 Å². The van der Waals surface area contributed by atoms with Gasteiger partial charge in [-0.15, -0.1) is 0 Å². The quantitative estimate of drug-likeness (QED) is 0.873. The summed E-state index contributed by atoms with van der Waals surface area (Å²) in [5.74, 6) is -0.574. The van der Waals surface area contributed by atoms with Crippen LogP contribution in [-0.4, -0.2) is 29.9 Å². The van der Waals surface area contributed by atoms with Crippen molar-refractivity contribution in [1.29, 1.82) is 0 Å². The van der Waals surface area contributed by atoms with Gasteiger partial charge in [-0.3, -0.25) is 9.40 Å². The van der Waals surface area contributed by atoms with Crippen molar-refractivity contribution in [2.45, 2.75) is 18.4 Å². The highest BCUT2D eigenvalue weighted by Crippen LogP contribution is 2.26. The van der Waals surface area contributed by atoms with Crippen molar-refractivity contribution in [3.05, 3.63) is 40.9 Å². The van der Waals surface area contributed by atoms with Gasteiger partial charge in [0.2, 0.25) is 0 Å². The van der Waals surface area contributed by atoms with E-state index in [9.17, 15) is 12.8 Å². The largest absolute Gasteiger partial charge is 0.394 e. The number of sulfonamides is 1. The number of nitrogens with one attached hydrogen (secondary N) is 1. The Balaban J connectivity index is 2.31. The Hall–Kier alpha value is -1.64. The summed E-state index contributed by atoms with van der Waals surface area (Å²) in [6.07, 6.45) is 2.73. The van der Waals surface area contributed by atoms with E-state index in [0.717, 1.165) is 12.1 Å². The van der Waals surface area contributed by atoms with Crippen molar-refractivity contribution < 1.29 is 17.9 Å². The number of aliphatic hydroxyl groups excluding tert-OH is 1. The topological polar surface area (TPSA) is 84.2 Å². The van der Waals surface area contributed by atoms with Gasteiger partial charge in [-0.1, -0.05) is 11.6 Å². The van der Waals surface area contributed by atoms with Crippen LogP contribution in [0.25, 0.3) is 0 Å². The minimum absolute atomic E-state index is 0.114. The van der Waals surface area contributed by atoms with Crippen molar-refractivity contribution in [2.75, 3.05) is 11.3 Å². The maximum Gasteiger partial charge on any atom is 0.263 e. The lowest BCUT2D eigenvalue weighted by molar-refractivity contribution is 0.269. The van der Waals surface area contributed by atoms with Crippen LogP contribution in [0.3, 0.4) is 0 Å². The first-order valence-corrected chi connectivity index (χ1v) is 7.81. The molecular formula is C12H13ClFN3O3S. The van der Waals surface area contributed by atoms with Crippen molar-refractivity contribution in [3.63, 3.8) is 0 Å². The third-order valence-corrected chi connectivity index (χ3v) is 4.56. The minimum atomic E-state index is -3.95. The number of nitrogens with zero attached hydrogens (tertiary/aromatic N) is 2. The van der Waals surface area contributed by atoms with Crippen LogP contribution in [0, 0.1) is 12.7 Å². The molecule has 2 aromatic rings. The molecule has 0 aliphatic carbocycles. The first-order chi connectivity index (χ1) is 9.83. The van der Waals surface area contributed by atoms with E-state index in [-0.39, 0.29) is 34.3 Å². The number of hydrogen-bond donors (Lipinski definition) is 2. The molecule has 0 fully saturated rings. The van der Waals surface area contributed by atoms with Gasteiger partial charge in [0.05, 0.1) is 30.1 Å². The van der Waals surface area contributed by atoms with Crippen LogP contribution in [0.2, 0.25) is 5.02 Å².